The molecule has 0 spiro atoms. The average Bonchev–Trinajstić information content (AvgIpc) is 3.23. The molecule has 2 aromatic rings. The second-order valence-corrected chi connectivity index (χ2v) is 6.99. The van der Waals surface area contributed by atoms with Gasteiger partial charge in [0.05, 0.1) is 23.0 Å². The maximum Gasteiger partial charge on any atom is 0.416 e. The van der Waals surface area contributed by atoms with E-state index in [-0.39, 0.29) is 6.04 Å². The van der Waals surface area contributed by atoms with Crippen molar-refractivity contribution in [3.05, 3.63) is 41.1 Å². The van der Waals surface area contributed by atoms with Crippen molar-refractivity contribution in [2.24, 2.45) is 0 Å². The Morgan fingerprint density at radius 3 is 2.88 bits per heavy atom. The van der Waals surface area contributed by atoms with Gasteiger partial charge < -0.3 is 5.32 Å². The molecule has 0 aliphatic carbocycles. The van der Waals surface area contributed by atoms with E-state index in [2.05, 4.69) is 17.1 Å². The molecule has 1 aromatic carbocycles. The van der Waals surface area contributed by atoms with Gasteiger partial charge in [-0.05, 0) is 50.6 Å². The zero-order valence-electron chi connectivity index (χ0n) is 14.8. The van der Waals surface area contributed by atoms with Crippen LogP contribution in [0.15, 0.2) is 24.3 Å². The fraction of sp³-hybridized carbons (Fsp3) is 0.526. The second kappa shape index (κ2) is 6.61. The Balaban J connectivity index is 1.77. The highest BCUT2D eigenvalue weighted by Crippen LogP contribution is 2.38. The van der Waals surface area contributed by atoms with Gasteiger partial charge in [0.25, 0.3) is 0 Å². The first-order chi connectivity index (χ1) is 12.5. The van der Waals surface area contributed by atoms with Gasteiger partial charge in [0.15, 0.2) is 0 Å². The molecule has 26 heavy (non-hydrogen) atoms. The van der Waals surface area contributed by atoms with Crippen LogP contribution in [0.3, 0.4) is 0 Å². The lowest BCUT2D eigenvalue weighted by Crippen LogP contribution is -2.34. The zero-order valence-corrected chi connectivity index (χ0v) is 14.8. The Labute approximate surface area is 151 Å². The minimum atomic E-state index is -4.36. The molecular weight excluding hydrogens is 341 g/mol. The number of benzene rings is 1. The summed E-state index contributed by atoms with van der Waals surface area (Å²) in [5, 5.41) is 8.11. The van der Waals surface area contributed by atoms with Crippen molar-refractivity contribution >= 4 is 5.82 Å². The van der Waals surface area contributed by atoms with Crippen LogP contribution < -0.4 is 5.32 Å². The summed E-state index contributed by atoms with van der Waals surface area (Å²) in [6, 6.07) is 5.66. The number of fused-ring (bicyclic) bond motifs is 1. The van der Waals surface area contributed by atoms with Gasteiger partial charge in [-0.3, -0.25) is 4.90 Å². The molecule has 0 amide bonds. The highest BCUT2D eigenvalue weighted by molar-refractivity contribution is 5.58. The van der Waals surface area contributed by atoms with E-state index in [1.165, 1.54) is 25.0 Å². The minimum absolute atomic E-state index is 0.259. The Bertz CT molecular complexity index is 797. The van der Waals surface area contributed by atoms with Crippen LogP contribution in [0.25, 0.3) is 5.69 Å². The molecule has 0 radical (unpaired) electrons. The lowest BCUT2D eigenvalue weighted by molar-refractivity contribution is -0.137. The largest absolute Gasteiger partial charge is 0.416 e. The van der Waals surface area contributed by atoms with Crippen LogP contribution in [0.2, 0.25) is 0 Å². The molecule has 1 unspecified atom stereocenters. The number of halogens is 3. The third kappa shape index (κ3) is 2.98. The Hall–Kier alpha value is -2.02. The van der Waals surface area contributed by atoms with Gasteiger partial charge in [0.2, 0.25) is 0 Å². The van der Waals surface area contributed by atoms with Gasteiger partial charge in [-0.25, -0.2) is 4.68 Å². The Morgan fingerprint density at radius 2 is 2.12 bits per heavy atom. The van der Waals surface area contributed by atoms with Crippen molar-refractivity contribution in [2.75, 3.05) is 25.0 Å². The average molecular weight is 364 g/mol. The van der Waals surface area contributed by atoms with Crippen molar-refractivity contribution in [1.82, 2.24) is 14.7 Å². The molecule has 2 aliphatic rings. The standard InChI is InChI=1S/C19H23F3N4/c1-2-25-11-4-3-8-16(25)17-15-9-10-23-18(15)26(24-17)14-7-5-6-13(12-14)19(20,21)22/h5-7,12,16,23H,2-4,8-11H2,1H3. The summed E-state index contributed by atoms with van der Waals surface area (Å²) in [6.07, 6.45) is -0.0680. The number of hydrogen-bond donors (Lipinski definition) is 1. The molecule has 1 aromatic heterocycles. The number of nitrogens with one attached hydrogen (secondary N) is 1. The van der Waals surface area contributed by atoms with Crippen molar-refractivity contribution < 1.29 is 13.2 Å². The van der Waals surface area contributed by atoms with E-state index in [1.807, 2.05) is 0 Å². The maximum atomic E-state index is 13.1. The molecule has 4 nitrogen and oxygen atoms in total. The SMILES string of the molecule is CCN1CCCCC1c1nn(-c2cccc(C(F)(F)F)c2)c2c1CCN2. The van der Waals surface area contributed by atoms with Crippen LogP contribution in [-0.2, 0) is 12.6 Å². The molecule has 3 heterocycles. The highest BCUT2D eigenvalue weighted by atomic mass is 19.4. The molecule has 1 atom stereocenters. The number of rotatable bonds is 3. The van der Waals surface area contributed by atoms with Crippen molar-refractivity contribution in [2.45, 2.75) is 44.8 Å². The predicted octanol–water partition coefficient (Wildman–Crippen LogP) is 4.41. The van der Waals surface area contributed by atoms with Crippen LogP contribution in [0.4, 0.5) is 19.0 Å². The third-order valence-corrected chi connectivity index (χ3v) is 5.44. The molecule has 2 aliphatic heterocycles. The maximum absolute atomic E-state index is 13.1. The minimum Gasteiger partial charge on any atom is -0.369 e. The Kier molecular flexibility index (Phi) is 4.42. The van der Waals surface area contributed by atoms with Gasteiger partial charge in [-0.15, -0.1) is 0 Å². The van der Waals surface area contributed by atoms with Crippen molar-refractivity contribution in [3.8, 4) is 5.69 Å². The summed E-state index contributed by atoms with van der Waals surface area (Å²) >= 11 is 0. The topological polar surface area (TPSA) is 33.1 Å². The first kappa shape index (κ1) is 17.4. The predicted molar refractivity (Wildman–Crippen MR) is 94.6 cm³/mol. The van der Waals surface area contributed by atoms with E-state index in [4.69, 9.17) is 5.10 Å². The van der Waals surface area contributed by atoms with E-state index < -0.39 is 11.7 Å². The van der Waals surface area contributed by atoms with Gasteiger partial charge in [-0.2, -0.15) is 18.3 Å². The summed E-state index contributed by atoms with van der Waals surface area (Å²) < 4.78 is 41.0. The van der Waals surface area contributed by atoms with Gasteiger partial charge in [0, 0.05) is 12.1 Å². The number of aromatic nitrogens is 2. The van der Waals surface area contributed by atoms with Crippen LogP contribution in [0.5, 0.6) is 0 Å². The third-order valence-electron chi connectivity index (χ3n) is 5.44. The number of alkyl halides is 3. The summed E-state index contributed by atoms with van der Waals surface area (Å²) in [5.74, 6) is 0.848. The lowest BCUT2D eigenvalue weighted by Gasteiger charge is -2.34. The number of piperidine rings is 1. The molecular formula is C19H23F3N4. The fourth-order valence-corrected chi connectivity index (χ4v) is 4.15. The fourth-order valence-electron chi connectivity index (χ4n) is 4.15. The number of nitrogens with zero attached hydrogens (tertiary/aromatic N) is 3. The molecule has 1 fully saturated rings. The molecule has 4 rings (SSSR count). The quantitative estimate of drug-likeness (QED) is 0.876. The normalized spacial score (nSPS) is 20.8. The summed E-state index contributed by atoms with van der Waals surface area (Å²) in [4.78, 5) is 2.43. The van der Waals surface area contributed by atoms with E-state index in [1.54, 1.807) is 10.7 Å². The van der Waals surface area contributed by atoms with Crippen LogP contribution in [0, 0.1) is 0 Å². The number of anilines is 1. The van der Waals surface area contributed by atoms with Crippen LogP contribution in [0.1, 0.15) is 49.0 Å². The van der Waals surface area contributed by atoms with Crippen molar-refractivity contribution in [1.29, 1.82) is 0 Å². The Morgan fingerprint density at radius 1 is 1.27 bits per heavy atom. The molecule has 0 bridgehead atoms. The number of hydrogen-bond acceptors (Lipinski definition) is 3. The first-order valence-corrected chi connectivity index (χ1v) is 9.26. The van der Waals surface area contributed by atoms with Crippen LogP contribution in [-0.4, -0.2) is 34.3 Å². The second-order valence-electron chi connectivity index (χ2n) is 6.99. The van der Waals surface area contributed by atoms with Crippen molar-refractivity contribution in [3.63, 3.8) is 0 Å². The molecule has 140 valence electrons. The molecule has 7 heteroatoms. The first-order valence-electron chi connectivity index (χ1n) is 9.26. The monoisotopic (exact) mass is 364 g/mol. The van der Waals surface area contributed by atoms with E-state index >= 15 is 0 Å². The molecule has 1 saturated heterocycles. The van der Waals surface area contributed by atoms with E-state index in [0.29, 0.717) is 5.69 Å². The summed E-state index contributed by atoms with van der Waals surface area (Å²) in [6.45, 7) is 4.97. The number of likely N-dealkylation sites (tertiary alicyclic amines) is 1. The van der Waals surface area contributed by atoms with Gasteiger partial charge in [0.1, 0.15) is 5.82 Å². The van der Waals surface area contributed by atoms with E-state index in [9.17, 15) is 13.2 Å². The summed E-state index contributed by atoms with van der Waals surface area (Å²) in [5.41, 5.74) is 2.00. The lowest BCUT2D eigenvalue weighted by atomic mass is 9.96. The molecule has 1 N–H and O–H groups in total. The van der Waals surface area contributed by atoms with Crippen LogP contribution >= 0.6 is 0 Å². The van der Waals surface area contributed by atoms with Gasteiger partial charge >= 0.3 is 6.18 Å². The zero-order chi connectivity index (χ0) is 18.3. The highest BCUT2D eigenvalue weighted by Gasteiger charge is 2.33. The summed E-state index contributed by atoms with van der Waals surface area (Å²) in [7, 11) is 0. The van der Waals surface area contributed by atoms with E-state index in [0.717, 1.165) is 55.6 Å². The smallest absolute Gasteiger partial charge is 0.369 e. The van der Waals surface area contributed by atoms with Gasteiger partial charge in [-0.1, -0.05) is 19.4 Å². The molecule has 0 saturated carbocycles.